The standard InChI is InChI=1S/C14H18O2/c1-10(2)14(13(15)16)8-7-11-5-3-4-6-12(11)9-14/h3-6,10H,7-9H2,1-2H3,(H,15,16). The van der Waals surface area contributed by atoms with Crippen LogP contribution in [0.1, 0.15) is 31.4 Å². The molecule has 0 radical (unpaired) electrons. The Kier molecular flexibility index (Phi) is 2.75. The van der Waals surface area contributed by atoms with E-state index in [0.717, 1.165) is 12.8 Å². The summed E-state index contributed by atoms with van der Waals surface area (Å²) in [5.74, 6) is -0.463. The average molecular weight is 218 g/mol. The van der Waals surface area contributed by atoms with Gasteiger partial charge in [-0.05, 0) is 36.3 Å². The van der Waals surface area contributed by atoms with Crippen molar-refractivity contribution in [3.05, 3.63) is 35.4 Å². The molecule has 86 valence electrons. The van der Waals surface area contributed by atoms with Crippen molar-refractivity contribution < 1.29 is 9.90 Å². The smallest absolute Gasteiger partial charge is 0.310 e. The molecule has 0 amide bonds. The molecular formula is C14H18O2. The highest BCUT2D eigenvalue weighted by Gasteiger charge is 2.43. The van der Waals surface area contributed by atoms with Gasteiger partial charge in [-0.15, -0.1) is 0 Å². The molecular weight excluding hydrogens is 200 g/mol. The third kappa shape index (κ3) is 1.62. The molecule has 1 aliphatic rings. The molecule has 1 aliphatic carbocycles. The lowest BCUT2D eigenvalue weighted by Crippen LogP contribution is -2.41. The third-order valence-corrected chi connectivity index (χ3v) is 4.00. The Hall–Kier alpha value is -1.31. The van der Waals surface area contributed by atoms with Crippen molar-refractivity contribution in [3.8, 4) is 0 Å². The number of benzene rings is 1. The maximum Gasteiger partial charge on any atom is 0.310 e. The van der Waals surface area contributed by atoms with Gasteiger partial charge >= 0.3 is 5.97 Å². The number of hydrogen-bond donors (Lipinski definition) is 1. The Balaban J connectivity index is 2.39. The Morgan fingerprint density at radius 1 is 1.31 bits per heavy atom. The molecule has 1 N–H and O–H groups in total. The fourth-order valence-corrected chi connectivity index (χ4v) is 2.68. The zero-order chi connectivity index (χ0) is 11.8. The summed E-state index contributed by atoms with van der Waals surface area (Å²) < 4.78 is 0. The van der Waals surface area contributed by atoms with Gasteiger partial charge in [-0.1, -0.05) is 38.1 Å². The van der Waals surface area contributed by atoms with Crippen molar-refractivity contribution in [3.63, 3.8) is 0 Å². The molecule has 0 heterocycles. The zero-order valence-corrected chi connectivity index (χ0v) is 9.86. The summed E-state index contributed by atoms with van der Waals surface area (Å²) in [5, 5.41) is 9.48. The fraction of sp³-hybridized carbons (Fsp3) is 0.500. The zero-order valence-electron chi connectivity index (χ0n) is 9.86. The SMILES string of the molecule is CC(C)C1(C(=O)O)CCc2ccccc2C1. The highest BCUT2D eigenvalue weighted by molar-refractivity contribution is 5.76. The monoisotopic (exact) mass is 218 g/mol. The Morgan fingerprint density at radius 2 is 1.94 bits per heavy atom. The summed E-state index contributed by atoms with van der Waals surface area (Å²) in [5.41, 5.74) is 1.97. The van der Waals surface area contributed by atoms with Gasteiger partial charge in [-0.2, -0.15) is 0 Å². The molecule has 1 aromatic carbocycles. The van der Waals surface area contributed by atoms with Crippen molar-refractivity contribution in [1.29, 1.82) is 0 Å². The molecule has 0 fully saturated rings. The number of carboxylic acids is 1. The minimum atomic E-state index is -0.642. The predicted octanol–water partition coefficient (Wildman–Crippen LogP) is 2.90. The van der Waals surface area contributed by atoms with E-state index in [-0.39, 0.29) is 5.92 Å². The second-order valence-electron chi connectivity index (χ2n) is 5.06. The molecule has 0 aliphatic heterocycles. The van der Waals surface area contributed by atoms with Crippen molar-refractivity contribution in [2.24, 2.45) is 11.3 Å². The maximum atomic E-state index is 11.5. The number of carboxylic acid groups (broad SMARTS) is 1. The number of hydrogen-bond acceptors (Lipinski definition) is 1. The first-order valence-corrected chi connectivity index (χ1v) is 5.86. The van der Waals surface area contributed by atoms with Crippen LogP contribution in [0.4, 0.5) is 0 Å². The molecule has 0 saturated heterocycles. The number of aryl methyl sites for hydroxylation is 1. The first-order valence-electron chi connectivity index (χ1n) is 5.86. The fourth-order valence-electron chi connectivity index (χ4n) is 2.68. The number of fused-ring (bicyclic) bond motifs is 1. The van der Waals surface area contributed by atoms with E-state index in [1.165, 1.54) is 11.1 Å². The topological polar surface area (TPSA) is 37.3 Å². The summed E-state index contributed by atoms with van der Waals surface area (Å²) in [6.45, 7) is 4.03. The minimum Gasteiger partial charge on any atom is -0.481 e. The highest BCUT2D eigenvalue weighted by Crippen LogP contribution is 2.41. The van der Waals surface area contributed by atoms with Crippen LogP contribution >= 0.6 is 0 Å². The molecule has 16 heavy (non-hydrogen) atoms. The summed E-state index contributed by atoms with van der Waals surface area (Å²) in [7, 11) is 0. The van der Waals surface area contributed by atoms with E-state index in [1.54, 1.807) is 0 Å². The molecule has 2 heteroatoms. The molecule has 0 spiro atoms. The molecule has 2 nitrogen and oxygen atoms in total. The van der Waals surface area contributed by atoms with Gasteiger partial charge in [0.2, 0.25) is 0 Å². The minimum absolute atomic E-state index is 0.179. The third-order valence-electron chi connectivity index (χ3n) is 4.00. The van der Waals surface area contributed by atoms with E-state index >= 15 is 0 Å². The molecule has 0 aromatic heterocycles. The van der Waals surface area contributed by atoms with E-state index in [1.807, 2.05) is 26.0 Å². The average Bonchev–Trinajstić information content (AvgIpc) is 2.27. The Labute approximate surface area is 96.3 Å². The van der Waals surface area contributed by atoms with Gasteiger partial charge in [0.05, 0.1) is 5.41 Å². The van der Waals surface area contributed by atoms with Crippen LogP contribution in [0.5, 0.6) is 0 Å². The Bertz CT molecular complexity index is 409. The molecule has 1 unspecified atom stereocenters. The number of rotatable bonds is 2. The van der Waals surface area contributed by atoms with E-state index in [9.17, 15) is 9.90 Å². The molecule has 0 saturated carbocycles. The molecule has 1 atom stereocenters. The second-order valence-corrected chi connectivity index (χ2v) is 5.06. The van der Waals surface area contributed by atoms with Gasteiger partial charge in [0, 0.05) is 0 Å². The summed E-state index contributed by atoms with van der Waals surface area (Å²) in [6.07, 6.45) is 2.33. The van der Waals surface area contributed by atoms with Crippen LogP contribution < -0.4 is 0 Å². The van der Waals surface area contributed by atoms with E-state index in [4.69, 9.17) is 0 Å². The van der Waals surface area contributed by atoms with Crippen LogP contribution in [0, 0.1) is 11.3 Å². The van der Waals surface area contributed by atoms with Gasteiger partial charge in [0.15, 0.2) is 0 Å². The first kappa shape index (κ1) is 11.2. The van der Waals surface area contributed by atoms with Crippen LogP contribution in [0.2, 0.25) is 0 Å². The van der Waals surface area contributed by atoms with Crippen LogP contribution in [-0.2, 0) is 17.6 Å². The summed E-state index contributed by atoms with van der Waals surface area (Å²) >= 11 is 0. The van der Waals surface area contributed by atoms with Gasteiger partial charge in [0.25, 0.3) is 0 Å². The van der Waals surface area contributed by atoms with Gasteiger partial charge < -0.3 is 5.11 Å². The van der Waals surface area contributed by atoms with Crippen molar-refractivity contribution in [2.45, 2.75) is 33.1 Å². The largest absolute Gasteiger partial charge is 0.481 e. The van der Waals surface area contributed by atoms with Crippen LogP contribution in [-0.4, -0.2) is 11.1 Å². The van der Waals surface area contributed by atoms with E-state index < -0.39 is 11.4 Å². The van der Waals surface area contributed by atoms with Crippen LogP contribution in [0.3, 0.4) is 0 Å². The number of carbonyl (C=O) groups is 1. The number of aliphatic carboxylic acids is 1. The predicted molar refractivity (Wildman–Crippen MR) is 63.4 cm³/mol. The van der Waals surface area contributed by atoms with Crippen molar-refractivity contribution >= 4 is 5.97 Å². The van der Waals surface area contributed by atoms with Gasteiger partial charge in [0.1, 0.15) is 0 Å². The van der Waals surface area contributed by atoms with Crippen LogP contribution in [0.15, 0.2) is 24.3 Å². The van der Waals surface area contributed by atoms with Gasteiger partial charge in [-0.3, -0.25) is 4.79 Å². The first-order chi connectivity index (χ1) is 7.56. The molecule has 2 rings (SSSR count). The van der Waals surface area contributed by atoms with Crippen molar-refractivity contribution in [2.75, 3.05) is 0 Å². The quantitative estimate of drug-likeness (QED) is 0.828. The lowest BCUT2D eigenvalue weighted by Gasteiger charge is -2.37. The Morgan fingerprint density at radius 3 is 2.50 bits per heavy atom. The normalized spacial score (nSPS) is 24.2. The van der Waals surface area contributed by atoms with Crippen LogP contribution in [0.25, 0.3) is 0 Å². The summed E-state index contributed by atoms with van der Waals surface area (Å²) in [4.78, 5) is 11.5. The lowest BCUT2D eigenvalue weighted by molar-refractivity contribution is -0.152. The van der Waals surface area contributed by atoms with E-state index in [2.05, 4.69) is 12.1 Å². The van der Waals surface area contributed by atoms with Gasteiger partial charge in [-0.25, -0.2) is 0 Å². The maximum absolute atomic E-state index is 11.5. The summed E-state index contributed by atoms with van der Waals surface area (Å²) in [6, 6.07) is 8.20. The molecule has 1 aromatic rings. The second kappa shape index (κ2) is 3.93. The highest BCUT2D eigenvalue weighted by atomic mass is 16.4. The van der Waals surface area contributed by atoms with Crippen molar-refractivity contribution in [1.82, 2.24) is 0 Å². The van der Waals surface area contributed by atoms with E-state index in [0.29, 0.717) is 6.42 Å². The molecule has 0 bridgehead atoms. The lowest BCUT2D eigenvalue weighted by atomic mass is 9.65.